The summed E-state index contributed by atoms with van der Waals surface area (Å²) in [5, 5.41) is 0. The summed E-state index contributed by atoms with van der Waals surface area (Å²) in [6.07, 6.45) is 1.52. The molecule has 2 heterocycles. The molecule has 2 aliphatic heterocycles. The predicted molar refractivity (Wildman–Crippen MR) is 50.4 cm³/mol. The largest absolute Gasteiger partial charge is 0.338 e. The molecule has 5 heteroatoms. The normalized spacial score (nSPS) is 26.6. The highest BCUT2D eigenvalue weighted by Crippen LogP contribution is 2.22. The van der Waals surface area contributed by atoms with Crippen molar-refractivity contribution in [2.75, 3.05) is 26.2 Å². The van der Waals surface area contributed by atoms with Gasteiger partial charge in [-0.3, -0.25) is 9.59 Å². The fourth-order valence-corrected chi connectivity index (χ4v) is 2.22. The molecule has 2 saturated heterocycles. The van der Waals surface area contributed by atoms with Crippen LogP contribution in [0.4, 0.5) is 0 Å². The molecule has 2 N–H and O–H groups in total. The lowest BCUT2D eigenvalue weighted by atomic mass is 10.1. The van der Waals surface area contributed by atoms with Crippen LogP contribution in [-0.4, -0.2) is 53.8 Å². The zero-order valence-electron chi connectivity index (χ0n) is 8.11. The third kappa shape index (κ3) is 1.48. The Morgan fingerprint density at radius 1 is 1.50 bits per heavy atom. The van der Waals surface area contributed by atoms with E-state index in [-0.39, 0.29) is 24.4 Å². The van der Waals surface area contributed by atoms with Gasteiger partial charge in [0.2, 0.25) is 11.8 Å². The van der Waals surface area contributed by atoms with Crippen LogP contribution in [0.15, 0.2) is 0 Å². The van der Waals surface area contributed by atoms with Crippen LogP contribution in [-0.2, 0) is 9.59 Å². The smallest absolute Gasteiger partial charge is 0.236 e. The van der Waals surface area contributed by atoms with Crippen molar-refractivity contribution < 1.29 is 9.59 Å². The highest BCUT2D eigenvalue weighted by Gasteiger charge is 2.36. The molecule has 0 saturated carbocycles. The first-order valence-electron chi connectivity index (χ1n) is 4.99. The number of hydrogen-bond donors (Lipinski definition) is 1. The van der Waals surface area contributed by atoms with Crippen LogP contribution in [0.25, 0.3) is 0 Å². The average molecular weight is 197 g/mol. The monoisotopic (exact) mass is 197 g/mol. The Hall–Kier alpha value is -1.10. The van der Waals surface area contributed by atoms with Crippen LogP contribution in [0.1, 0.15) is 12.8 Å². The molecule has 0 aliphatic carbocycles. The van der Waals surface area contributed by atoms with Gasteiger partial charge in [-0.25, -0.2) is 0 Å². The minimum Gasteiger partial charge on any atom is -0.338 e. The number of carbonyl (C=O) groups is 2. The second-order valence-electron chi connectivity index (χ2n) is 3.82. The van der Waals surface area contributed by atoms with Crippen LogP contribution in [0.5, 0.6) is 0 Å². The van der Waals surface area contributed by atoms with Gasteiger partial charge in [-0.05, 0) is 6.42 Å². The summed E-state index contributed by atoms with van der Waals surface area (Å²) in [7, 11) is 0. The van der Waals surface area contributed by atoms with Crippen molar-refractivity contribution in [2.45, 2.75) is 18.9 Å². The third-order valence-electron chi connectivity index (χ3n) is 3.02. The molecule has 0 spiro atoms. The van der Waals surface area contributed by atoms with Crippen molar-refractivity contribution in [2.24, 2.45) is 5.73 Å². The standard InChI is InChI=1S/C9H15N3O2/c10-5-9(14)11-3-4-12-7(6-11)1-2-8(12)13/h7H,1-6,10H2. The lowest BCUT2D eigenvalue weighted by molar-refractivity contribution is -0.138. The second-order valence-corrected chi connectivity index (χ2v) is 3.82. The SMILES string of the molecule is NCC(=O)N1CCN2C(=O)CCC2C1. The van der Waals surface area contributed by atoms with Crippen molar-refractivity contribution in [1.29, 1.82) is 0 Å². The number of amides is 2. The van der Waals surface area contributed by atoms with Crippen molar-refractivity contribution in [3.63, 3.8) is 0 Å². The lowest BCUT2D eigenvalue weighted by Gasteiger charge is -2.37. The molecule has 0 aromatic heterocycles. The minimum atomic E-state index is -0.0102. The highest BCUT2D eigenvalue weighted by atomic mass is 16.2. The zero-order chi connectivity index (χ0) is 10.1. The fraction of sp³-hybridized carbons (Fsp3) is 0.778. The van der Waals surface area contributed by atoms with Gasteiger partial charge < -0.3 is 15.5 Å². The van der Waals surface area contributed by atoms with Gasteiger partial charge in [0.15, 0.2) is 0 Å². The van der Waals surface area contributed by atoms with E-state index in [1.54, 1.807) is 4.90 Å². The molecule has 2 fully saturated rings. The summed E-state index contributed by atoms with van der Waals surface area (Å²) in [5.74, 6) is 0.221. The van der Waals surface area contributed by atoms with E-state index in [1.807, 2.05) is 4.90 Å². The molecule has 14 heavy (non-hydrogen) atoms. The highest BCUT2D eigenvalue weighted by molar-refractivity contribution is 5.81. The number of rotatable bonds is 1. The molecule has 1 atom stereocenters. The van der Waals surface area contributed by atoms with Crippen molar-refractivity contribution >= 4 is 11.8 Å². The molecule has 5 nitrogen and oxygen atoms in total. The summed E-state index contributed by atoms with van der Waals surface area (Å²) < 4.78 is 0. The van der Waals surface area contributed by atoms with Crippen LogP contribution >= 0.6 is 0 Å². The number of nitrogens with zero attached hydrogens (tertiary/aromatic N) is 2. The maximum atomic E-state index is 11.4. The molecule has 2 amide bonds. The third-order valence-corrected chi connectivity index (χ3v) is 3.02. The molecule has 0 aromatic carbocycles. The molecule has 2 aliphatic rings. The first-order valence-corrected chi connectivity index (χ1v) is 4.99. The van der Waals surface area contributed by atoms with E-state index in [1.165, 1.54) is 0 Å². The summed E-state index contributed by atoms with van der Waals surface area (Å²) in [4.78, 5) is 26.3. The predicted octanol–water partition coefficient (Wildman–Crippen LogP) is -1.22. The van der Waals surface area contributed by atoms with E-state index in [4.69, 9.17) is 5.73 Å². The topological polar surface area (TPSA) is 66.6 Å². The minimum absolute atomic E-state index is 0.0102. The van der Waals surface area contributed by atoms with Crippen LogP contribution in [0, 0.1) is 0 Å². The Kier molecular flexibility index (Phi) is 2.41. The lowest BCUT2D eigenvalue weighted by Crippen LogP contribution is -2.54. The van der Waals surface area contributed by atoms with Gasteiger partial charge in [0.05, 0.1) is 6.54 Å². The zero-order valence-corrected chi connectivity index (χ0v) is 8.11. The maximum Gasteiger partial charge on any atom is 0.236 e. The van der Waals surface area contributed by atoms with E-state index in [9.17, 15) is 9.59 Å². The Balaban J connectivity index is 1.99. The van der Waals surface area contributed by atoms with Gasteiger partial charge >= 0.3 is 0 Å². The van der Waals surface area contributed by atoms with E-state index in [0.29, 0.717) is 26.1 Å². The number of piperazine rings is 1. The van der Waals surface area contributed by atoms with Crippen molar-refractivity contribution in [3.05, 3.63) is 0 Å². The van der Waals surface area contributed by atoms with Crippen LogP contribution in [0.3, 0.4) is 0 Å². The number of nitrogens with two attached hydrogens (primary N) is 1. The number of fused-ring (bicyclic) bond motifs is 1. The van der Waals surface area contributed by atoms with Gasteiger partial charge in [0.1, 0.15) is 0 Å². The van der Waals surface area contributed by atoms with Crippen LogP contribution < -0.4 is 5.73 Å². The molecule has 0 aromatic rings. The molecular weight excluding hydrogens is 182 g/mol. The molecule has 78 valence electrons. The van der Waals surface area contributed by atoms with Crippen molar-refractivity contribution in [1.82, 2.24) is 9.80 Å². The fourth-order valence-electron chi connectivity index (χ4n) is 2.22. The Morgan fingerprint density at radius 2 is 2.29 bits per heavy atom. The first-order chi connectivity index (χ1) is 6.72. The van der Waals surface area contributed by atoms with Crippen molar-refractivity contribution in [3.8, 4) is 0 Å². The quantitative estimate of drug-likeness (QED) is 0.573. The van der Waals surface area contributed by atoms with E-state index in [0.717, 1.165) is 6.42 Å². The number of hydrogen-bond acceptors (Lipinski definition) is 3. The van der Waals surface area contributed by atoms with Gasteiger partial charge in [0, 0.05) is 32.1 Å². The summed E-state index contributed by atoms with van der Waals surface area (Å²) >= 11 is 0. The van der Waals surface area contributed by atoms with Gasteiger partial charge in [-0.2, -0.15) is 0 Å². The molecule has 0 bridgehead atoms. The van der Waals surface area contributed by atoms with Crippen LogP contribution in [0.2, 0.25) is 0 Å². The molecular formula is C9H15N3O2. The summed E-state index contributed by atoms with van der Waals surface area (Å²) in [6, 6.07) is 0.242. The molecule has 1 unspecified atom stereocenters. The van der Waals surface area contributed by atoms with E-state index >= 15 is 0 Å². The van der Waals surface area contributed by atoms with Gasteiger partial charge in [0.25, 0.3) is 0 Å². The Labute approximate surface area is 82.8 Å². The van der Waals surface area contributed by atoms with Gasteiger partial charge in [-0.1, -0.05) is 0 Å². The first kappa shape index (κ1) is 9.45. The Bertz CT molecular complexity index is 267. The number of carbonyl (C=O) groups excluding carboxylic acids is 2. The molecule has 0 radical (unpaired) electrons. The average Bonchev–Trinajstić information content (AvgIpc) is 2.59. The van der Waals surface area contributed by atoms with E-state index < -0.39 is 0 Å². The van der Waals surface area contributed by atoms with Gasteiger partial charge in [-0.15, -0.1) is 0 Å². The summed E-state index contributed by atoms with van der Waals surface area (Å²) in [6.45, 7) is 2.05. The van der Waals surface area contributed by atoms with E-state index in [2.05, 4.69) is 0 Å². The second kappa shape index (κ2) is 3.57. The Morgan fingerprint density at radius 3 is 3.00 bits per heavy atom. The molecule has 2 rings (SSSR count). The maximum absolute atomic E-state index is 11.4. The summed E-state index contributed by atoms with van der Waals surface area (Å²) in [5.41, 5.74) is 5.30.